The van der Waals surface area contributed by atoms with E-state index in [0.717, 1.165) is 34.0 Å². The Morgan fingerprint density at radius 1 is 1.06 bits per heavy atom. The lowest BCUT2D eigenvalue weighted by Gasteiger charge is -2.28. The van der Waals surface area contributed by atoms with E-state index in [-0.39, 0.29) is 6.04 Å². The van der Waals surface area contributed by atoms with Crippen molar-refractivity contribution in [1.82, 2.24) is 20.3 Å². The second-order valence-corrected chi connectivity index (χ2v) is 10.0. The molecular weight excluding hydrogens is 466 g/mol. The van der Waals surface area contributed by atoms with Gasteiger partial charge in [0.15, 0.2) is 5.82 Å². The molecule has 1 aliphatic rings. The van der Waals surface area contributed by atoms with Crippen molar-refractivity contribution in [2.24, 2.45) is 0 Å². The molecule has 0 amide bonds. The van der Waals surface area contributed by atoms with E-state index in [4.69, 9.17) is 19.4 Å². The number of ether oxygens (including phenoxy) is 2. The molecule has 0 unspecified atom stereocenters. The van der Waals surface area contributed by atoms with Gasteiger partial charge in [-0.3, -0.25) is 9.71 Å². The number of fused-ring (bicyclic) bond motifs is 2. The first kappa shape index (κ1) is 23.0. The van der Waals surface area contributed by atoms with Crippen LogP contribution in [0.2, 0.25) is 0 Å². The van der Waals surface area contributed by atoms with E-state index in [1.807, 2.05) is 42.5 Å². The van der Waals surface area contributed by atoms with Crippen molar-refractivity contribution in [3.8, 4) is 22.9 Å². The van der Waals surface area contributed by atoms with Crippen LogP contribution in [-0.4, -0.2) is 50.4 Å². The van der Waals surface area contributed by atoms with Gasteiger partial charge >= 0.3 is 0 Å². The molecule has 0 aliphatic carbocycles. The summed E-state index contributed by atoms with van der Waals surface area (Å²) in [7, 11) is -0.226. The lowest BCUT2D eigenvalue weighted by molar-refractivity contribution is 0.397. The van der Waals surface area contributed by atoms with E-state index >= 15 is 0 Å². The molecule has 0 radical (unpaired) electrons. The Bertz CT molecular complexity index is 1510. The average molecular weight is 492 g/mol. The van der Waals surface area contributed by atoms with Crippen LogP contribution in [0.3, 0.4) is 0 Å². The predicted molar refractivity (Wildman–Crippen MR) is 134 cm³/mol. The van der Waals surface area contributed by atoms with Crippen LogP contribution in [0.5, 0.6) is 11.6 Å². The summed E-state index contributed by atoms with van der Waals surface area (Å²) >= 11 is 0. The second-order valence-electron chi connectivity index (χ2n) is 8.26. The molecule has 2 N–H and O–H groups in total. The highest BCUT2D eigenvalue weighted by atomic mass is 32.2. The number of rotatable bonds is 6. The monoisotopic (exact) mass is 491 g/mol. The quantitative estimate of drug-likeness (QED) is 0.422. The highest BCUT2D eigenvalue weighted by Crippen LogP contribution is 2.38. The fourth-order valence-electron chi connectivity index (χ4n) is 4.47. The molecular formula is C25H25N5O4S. The fraction of sp³-hybridized carbons (Fsp3) is 0.240. The largest absolute Gasteiger partial charge is 0.497 e. The van der Waals surface area contributed by atoms with Crippen LogP contribution in [0.15, 0.2) is 54.7 Å². The van der Waals surface area contributed by atoms with Crippen LogP contribution in [0, 0.1) is 0 Å². The summed E-state index contributed by atoms with van der Waals surface area (Å²) in [5.74, 6) is 1.58. The van der Waals surface area contributed by atoms with Gasteiger partial charge in [0, 0.05) is 24.4 Å². The van der Waals surface area contributed by atoms with Gasteiger partial charge in [0.1, 0.15) is 5.75 Å². The Balaban J connectivity index is 1.69. The normalized spacial score (nSPS) is 15.5. The van der Waals surface area contributed by atoms with Gasteiger partial charge in [-0.15, -0.1) is 0 Å². The number of nitrogens with zero attached hydrogens (tertiary/aromatic N) is 3. The first-order valence-electron chi connectivity index (χ1n) is 11.1. The van der Waals surface area contributed by atoms with Crippen LogP contribution in [0.1, 0.15) is 23.0 Å². The van der Waals surface area contributed by atoms with Crippen LogP contribution in [0.25, 0.3) is 22.2 Å². The first-order chi connectivity index (χ1) is 16.9. The van der Waals surface area contributed by atoms with Crippen LogP contribution < -0.4 is 19.5 Å². The molecule has 2 aromatic carbocycles. The van der Waals surface area contributed by atoms with E-state index in [0.29, 0.717) is 41.6 Å². The van der Waals surface area contributed by atoms with Crippen molar-refractivity contribution in [1.29, 1.82) is 0 Å². The van der Waals surface area contributed by atoms with E-state index in [1.165, 1.54) is 0 Å². The summed E-state index contributed by atoms with van der Waals surface area (Å²) in [5, 5.41) is 4.21. The Morgan fingerprint density at radius 3 is 2.63 bits per heavy atom. The molecule has 1 atom stereocenters. The van der Waals surface area contributed by atoms with E-state index < -0.39 is 10.0 Å². The minimum Gasteiger partial charge on any atom is -0.497 e. The smallest absolute Gasteiger partial charge is 0.229 e. The van der Waals surface area contributed by atoms with Crippen LogP contribution >= 0.6 is 0 Å². The molecule has 1 aliphatic heterocycles. The second kappa shape index (κ2) is 9.12. The summed E-state index contributed by atoms with van der Waals surface area (Å²) < 4.78 is 37.7. The third kappa shape index (κ3) is 4.50. The summed E-state index contributed by atoms with van der Waals surface area (Å²) in [6, 6.07) is 14.6. The van der Waals surface area contributed by atoms with Gasteiger partial charge in [-0.2, -0.15) is 4.98 Å². The average Bonchev–Trinajstić information content (AvgIpc) is 2.86. The lowest BCUT2D eigenvalue weighted by atomic mass is 9.92. The molecule has 5 rings (SSSR count). The number of benzene rings is 2. The predicted octanol–water partition coefficient (Wildman–Crippen LogP) is 3.32. The molecule has 10 heteroatoms. The van der Waals surface area contributed by atoms with Crippen molar-refractivity contribution in [3.63, 3.8) is 0 Å². The number of pyridine rings is 1. The Labute approximate surface area is 203 Å². The number of sulfonamides is 1. The molecule has 2 aromatic heterocycles. The zero-order chi connectivity index (χ0) is 24.6. The Kier molecular flexibility index (Phi) is 6.00. The van der Waals surface area contributed by atoms with Crippen LogP contribution in [-0.2, 0) is 16.4 Å². The minimum absolute atomic E-state index is 0.345. The van der Waals surface area contributed by atoms with Gasteiger partial charge in [0.2, 0.25) is 15.9 Å². The van der Waals surface area contributed by atoms with E-state index in [2.05, 4.69) is 15.0 Å². The summed E-state index contributed by atoms with van der Waals surface area (Å²) in [6.07, 6.45) is 3.55. The van der Waals surface area contributed by atoms with Crippen molar-refractivity contribution < 1.29 is 17.9 Å². The number of anilines is 1. The molecule has 0 saturated heterocycles. The zero-order valence-electron chi connectivity index (χ0n) is 19.6. The number of methoxy groups -OCH3 is 2. The van der Waals surface area contributed by atoms with Gasteiger partial charge < -0.3 is 14.8 Å². The van der Waals surface area contributed by atoms with Crippen LogP contribution in [0.4, 0.5) is 5.69 Å². The first-order valence-corrected chi connectivity index (χ1v) is 12.9. The maximum atomic E-state index is 11.9. The molecule has 3 heterocycles. The summed E-state index contributed by atoms with van der Waals surface area (Å²) in [4.78, 5) is 14.2. The summed E-state index contributed by atoms with van der Waals surface area (Å²) in [5.41, 5.74) is 4.63. The highest BCUT2D eigenvalue weighted by molar-refractivity contribution is 7.92. The topological polar surface area (TPSA) is 115 Å². The third-order valence-corrected chi connectivity index (χ3v) is 6.52. The minimum atomic E-state index is -3.41. The molecule has 0 spiro atoms. The van der Waals surface area contributed by atoms with E-state index in [9.17, 15) is 8.42 Å². The van der Waals surface area contributed by atoms with Gasteiger partial charge in [0.25, 0.3) is 0 Å². The number of nitrogens with one attached hydrogen (secondary N) is 2. The molecule has 9 nitrogen and oxygen atoms in total. The molecule has 180 valence electrons. The molecule has 0 bridgehead atoms. The third-order valence-electron chi connectivity index (χ3n) is 5.93. The van der Waals surface area contributed by atoms with Gasteiger partial charge in [-0.1, -0.05) is 18.2 Å². The standard InChI is InChI=1S/C25H25N5O4S/c1-33-15-13-18(19-8-4-5-11-26-19)22-21(14-15)28-24(29-25(22)34-2)23-17-7-6-9-20(30-35(3,31)32)16(17)10-12-27-23/h4-9,11,13-14,23,27,30H,10,12H2,1-3H3/t23-/m1/s1. The number of aromatic nitrogens is 3. The molecule has 0 fully saturated rings. The Morgan fingerprint density at radius 2 is 1.91 bits per heavy atom. The van der Waals surface area contributed by atoms with Gasteiger partial charge in [-0.05, 0) is 41.8 Å². The number of hydrogen-bond donors (Lipinski definition) is 2. The SMILES string of the molecule is COc1cc(-c2ccccn2)c2c(OC)nc([C@@H]3NCCc4c(NS(C)(=O)=O)cccc43)nc2c1. The van der Waals surface area contributed by atoms with Crippen molar-refractivity contribution in [3.05, 3.63) is 71.7 Å². The highest BCUT2D eigenvalue weighted by Gasteiger charge is 2.28. The van der Waals surface area contributed by atoms with Gasteiger partial charge in [0.05, 0.1) is 48.8 Å². The maximum absolute atomic E-state index is 11.9. The molecule has 35 heavy (non-hydrogen) atoms. The maximum Gasteiger partial charge on any atom is 0.229 e. The van der Waals surface area contributed by atoms with Crippen molar-refractivity contribution >= 4 is 26.6 Å². The lowest BCUT2D eigenvalue weighted by Crippen LogP contribution is -2.32. The van der Waals surface area contributed by atoms with Crippen molar-refractivity contribution in [2.45, 2.75) is 12.5 Å². The summed E-state index contributed by atoms with van der Waals surface area (Å²) in [6.45, 7) is 0.640. The Hall–Kier alpha value is -3.76. The fourth-order valence-corrected chi connectivity index (χ4v) is 5.06. The molecule has 4 aromatic rings. The van der Waals surface area contributed by atoms with E-state index in [1.54, 1.807) is 26.5 Å². The zero-order valence-corrected chi connectivity index (χ0v) is 20.4. The van der Waals surface area contributed by atoms with Crippen molar-refractivity contribution in [2.75, 3.05) is 31.7 Å². The van der Waals surface area contributed by atoms with Gasteiger partial charge in [-0.25, -0.2) is 13.4 Å². The number of hydrogen-bond acceptors (Lipinski definition) is 8. The molecule has 0 saturated carbocycles.